The highest BCUT2D eigenvalue weighted by molar-refractivity contribution is 7.20. The third kappa shape index (κ3) is 4.10. The summed E-state index contributed by atoms with van der Waals surface area (Å²) in [5.74, 6) is -0.0811. The van der Waals surface area contributed by atoms with Gasteiger partial charge in [-0.25, -0.2) is 4.68 Å². The normalized spacial score (nSPS) is 11.1. The Bertz CT molecular complexity index is 1140. The van der Waals surface area contributed by atoms with E-state index in [9.17, 15) is 4.79 Å². The fraction of sp³-hybridized carbons (Fsp3) is 0.250. The van der Waals surface area contributed by atoms with Gasteiger partial charge in [0.15, 0.2) is 0 Å². The molecule has 2 aromatic heterocycles. The second-order valence-electron chi connectivity index (χ2n) is 7.42. The summed E-state index contributed by atoms with van der Waals surface area (Å²) in [6.45, 7) is 6.24. The molecule has 4 aromatic rings. The number of unbranched alkanes of at least 4 members (excludes halogenated alkanes) is 1. The van der Waals surface area contributed by atoms with Gasteiger partial charge in [-0.3, -0.25) is 4.79 Å². The van der Waals surface area contributed by atoms with E-state index in [1.54, 1.807) is 0 Å². The summed E-state index contributed by atoms with van der Waals surface area (Å²) in [6, 6.07) is 18.4. The number of benzene rings is 2. The second-order valence-corrected chi connectivity index (χ2v) is 8.45. The fourth-order valence-corrected chi connectivity index (χ4v) is 4.43. The number of aromatic nitrogens is 2. The maximum Gasteiger partial charge on any atom is 0.265 e. The van der Waals surface area contributed by atoms with Gasteiger partial charge in [-0.1, -0.05) is 43.2 Å². The lowest BCUT2D eigenvalue weighted by atomic mass is 10.1. The number of nitrogens with one attached hydrogen (secondary N) is 1. The lowest BCUT2D eigenvalue weighted by Crippen LogP contribution is -2.10. The first-order valence-electron chi connectivity index (χ1n) is 10.0. The van der Waals surface area contributed by atoms with Gasteiger partial charge in [0.1, 0.15) is 4.83 Å². The van der Waals surface area contributed by atoms with Crippen molar-refractivity contribution >= 4 is 33.1 Å². The molecule has 0 spiro atoms. The molecule has 29 heavy (non-hydrogen) atoms. The summed E-state index contributed by atoms with van der Waals surface area (Å²) in [5.41, 5.74) is 5.27. The molecule has 0 saturated heterocycles. The topological polar surface area (TPSA) is 46.9 Å². The highest BCUT2D eigenvalue weighted by Crippen LogP contribution is 2.31. The van der Waals surface area contributed by atoms with Gasteiger partial charge in [0.2, 0.25) is 0 Å². The van der Waals surface area contributed by atoms with Crippen molar-refractivity contribution in [1.29, 1.82) is 0 Å². The van der Waals surface area contributed by atoms with Crippen molar-refractivity contribution in [3.05, 3.63) is 76.3 Å². The summed E-state index contributed by atoms with van der Waals surface area (Å²) in [5, 5.41) is 8.71. The average molecular weight is 404 g/mol. The average Bonchev–Trinajstić information content (AvgIpc) is 3.29. The van der Waals surface area contributed by atoms with Gasteiger partial charge < -0.3 is 5.32 Å². The van der Waals surface area contributed by atoms with E-state index in [-0.39, 0.29) is 5.91 Å². The number of aryl methyl sites for hydroxylation is 3. The smallest absolute Gasteiger partial charge is 0.265 e. The van der Waals surface area contributed by atoms with Crippen LogP contribution in [0.4, 0.5) is 5.69 Å². The van der Waals surface area contributed by atoms with Crippen molar-refractivity contribution in [3.8, 4) is 5.69 Å². The Morgan fingerprint density at radius 3 is 2.48 bits per heavy atom. The van der Waals surface area contributed by atoms with Gasteiger partial charge in [0, 0.05) is 11.1 Å². The summed E-state index contributed by atoms with van der Waals surface area (Å²) < 4.78 is 1.92. The van der Waals surface area contributed by atoms with Crippen molar-refractivity contribution in [3.63, 3.8) is 0 Å². The molecule has 0 unspecified atom stereocenters. The molecule has 5 heteroatoms. The van der Waals surface area contributed by atoms with Crippen LogP contribution in [0.15, 0.2) is 54.6 Å². The van der Waals surface area contributed by atoms with E-state index < -0.39 is 0 Å². The number of hydrogen-bond donors (Lipinski definition) is 1. The van der Waals surface area contributed by atoms with Gasteiger partial charge in [0.25, 0.3) is 5.91 Å². The SMILES string of the molecule is CCCCc1ccc(NC(=O)c2cc3c(C)nn(-c4ccc(C)cc4)c3s2)cc1. The van der Waals surface area contributed by atoms with Crippen LogP contribution in [-0.4, -0.2) is 15.7 Å². The molecule has 2 heterocycles. The fourth-order valence-electron chi connectivity index (χ4n) is 3.35. The Kier molecular flexibility index (Phi) is 5.49. The minimum atomic E-state index is -0.0811. The van der Waals surface area contributed by atoms with Crippen LogP contribution in [0.2, 0.25) is 0 Å². The van der Waals surface area contributed by atoms with Crippen LogP contribution in [0.3, 0.4) is 0 Å². The predicted octanol–water partition coefficient (Wildman–Crippen LogP) is 6.30. The summed E-state index contributed by atoms with van der Waals surface area (Å²) >= 11 is 1.47. The number of carbonyl (C=O) groups is 1. The molecule has 0 bridgehead atoms. The number of nitrogens with zero attached hydrogens (tertiary/aromatic N) is 2. The van der Waals surface area contributed by atoms with Crippen LogP contribution in [0.25, 0.3) is 15.9 Å². The Hall–Kier alpha value is -2.92. The van der Waals surface area contributed by atoms with E-state index in [1.807, 2.05) is 29.8 Å². The van der Waals surface area contributed by atoms with Crippen LogP contribution in [-0.2, 0) is 6.42 Å². The lowest BCUT2D eigenvalue weighted by molar-refractivity contribution is 0.103. The van der Waals surface area contributed by atoms with Crippen molar-refractivity contribution in [1.82, 2.24) is 9.78 Å². The number of anilines is 1. The van der Waals surface area contributed by atoms with Gasteiger partial charge in [-0.15, -0.1) is 11.3 Å². The molecule has 0 atom stereocenters. The highest BCUT2D eigenvalue weighted by Gasteiger charge is 2.17. The van der Waals surface area contributed by atoms with Crippen LogP contribution in [0.1, 0.15) is 46.3 Å². The zero-order valence-electron chi connectivity index (χ0n) is 17.0. The largest absolute Gasteiger partial charge is 0.321 e. The number of hydrogen-bond acceptors (Lipinski definition) is 3. The van der Waals surface area contributed by atoms with Gasteiger partial charge in [-0.05, 0) is 62.6 Å². The first-order chi connectivity index (χ1) is 14.0. The van der Waals surface area contributed by atoms with Crippen molar-refractivity contribution < 1.29 is 4.79 Å². The van der Waals surface area contributed by atoms with Gasteiger partial charge >= 0.3 is 0 Å². The van der Waals surface area contributed by atoms with Crippen LogP contribution >= 0.6 is 11.3 Å². The monoisotopic (exact) mass is 403 g/mol. The van der Waals surface area contributed by atoms with E-state index >= 15 is 0 Å². The van der Waals surface area contributed by atoms with E-state index in [0.717, 1.165) is 33.7 Å². The van der Waals surface area contributed by atoms with Crippen molar-refractivity contribution in [2.24, 2.45) is 0 Å². The van der Waals surface area contributed by atoms with Crippen LogP contribution in [0.5, 0.6) is 0 Å². The molecule has 1 N–H and O–H groups in total. The minimum absolute atomic E-state index is 0.0811. The standard InChI is InChI=1S/C24H25N3OS/c1-4-5-6-18-9-11-19(12-10-18)25-23(28)22-15-21-17(3)26-27(24(21)29-22)20-13-7-16(2)8-14-20/h7-15H,4-6H2,1-3H3,(H,25,28). The Morgan fingerprint density at radius 1 is 1.07 bits per heavy atom. The molecule has 0 radical (unpaired) electrons. The second kappa shape index (κ2) is 8.21. The molecular weight excluding hydrogens is 378 g/mol. The minimum Gasteiger partial charge on any atom is -0.321 e. The Balaban J connectivity index is 1.57. The molecule has 0 aliphatic heterocycles. The third-order valence-electron chi connectivity index (χ3n) is 5.08. The number of thiophene rings is 1. The van der Waals surface area contributed by atoms with Crippen LogP contribution in [0, 0.1) is 13.8 Å². The van der Waals surface area contributed by atoms with Crippen molar-refractivity contribution in [2.75, 3.05) is 5.32 Å². The molecule has 148 valence electrons. The van der Waals surface area contributed by atoms with E-state index in [2.05, 4.69) is 60.7 Å². The molecule has 0 aliphatic rings. The summed E-state index contributed by atoms with van der Waals surface area (Å²) in [6.07, 6.45) is 3.45. The molecule has 0 saturated carbocycles. The van der Waals surface area contributed by atoms with Crippen molar-refractivity contribution in [2.45, 2.75) is 40.0 Å². The summed E-state index contributed by atoms with van der Waals surface area (Å²) in [4.78, 5) is 14.5. The first kappa shape index (κ1) is 19.4. The lowest BCUT2D eigenvalue weighted by Gasteiger charge is -2.05. The number of carbonyl (C=O) groups excluding carboxylic acids is 1. The zero-order valence-corrected chi connectivity index (χ0v) is 17.8. The third-order valence-corrected chi connectivity index (χ3v) is 6.19. The maximum absolute atomic E-state index is 12.8. The quantitative estimate of drug-likeness (QED) is 0.411. The number of rotatable bonds is 6. The number of amides is 1. The van der Waals surface area contributed by atoms with Gasteiger partial charge in [0.05, 0.1) is 16.3 Å². The maximum atomic E-state index is 12.8. The molecule has 0 aliphatic carbocycles. The van der Waals surface area contributed by atoms with E-state index in [0.29, 0.717) is 4.88 Å². The van der Waals surface area contributed by atoms with Gasteiger partial charge in [-0.2, -0.15) is 5.10 Å². The molecule has 4 rings (SSSR count). The first-order valence-corrected chi connectivity index (χ1v) is 10.8. The molecule has 1 amide bonds. The Labute approximate surface area is 175 Å². The van der Waals surface area contributed by atoms with E-state index in [1.165, 1.54) is 35.3 Å². The van der Waals surface area contributed by atoms with Crippen LogP contribution < -0.4 is 5.32 Å². The molecular formula is C24H25N3OS. The predicted molar refractivity (Wildman–Crippen MR) is 121 cm³/mol. The Morgan fingerprint density at radius 2 is 1.79 bits per heavy atom. The molecule has 2 aromatic carbocycles. The molecule has 4 nitrogen and oxygen atoms in total. The van der Waals surface area contributed by atoms with E-state index in [4.69, 9.17) is 0 Å². The molecule has 0 fully saturated rings. The summed E-state index contributed by atoms with van der Waals surface area (Å²) in [7, 11) is 0. The highest BCUT2D eigenvalue weighted by atomic mass is 32.1. The zero-order chi connectivity index (χ0) is 20.4. The number of fused-ring (bicyclic) bond motifs is 1.